The Balaban J connectivity index is 1.43. The number of hydrogen-bond acceptors (Lipinski definition) is 5. The van der Waals surface area contributed by atoms with Gasteiger partial charge in [-0.25, -0.2) is 13.5 Å². The van der Waals surface area contributed by atoms with Gasteiger partial charge in [-0.3, -0.25) is 9.59 Å². The van der Waals surface area contributed by atoms with Crippen molar-refractivity contribution < 1.29 is 23.0 Å². The first-order valence-corrected chi connectivity index (χ1v) is 10.8. The Hall–Kier alpha value is -3.39. The maximum atomic E-state index is 13.6. The molecule has 1 saturated heterocycles. The third-order valence-corrected chi connectivity index (χ3v) is 5.44. The number of halogens is 2. The van der Waals surface area contributed by atoms with Gasteiger partial charge in [-0.15, -0.1) is 0 Å². The van der Waals surface area contributed by atoms with Crippen molar-refractivity contribution in [2.45, 2.75) is 25.7 Å². The van der Waals surface area contributed by atoms with E-state index in [0.717, 1.165) is 48.8 Å². The molecule has 0 spiro atoms. The van der Waals surface area contributed by atoms with Crippen molar-refractivity contribution in [1.82, 2.24) is 9.78 Å². The van der Waals surface area contributed by atoms with E-state index < -0.39 is 11.6 Å². The summed E-state index contributed by atoms with van der Waals surface area (Å²) in [6, 6.07) is 11.6. The first-order chi connectivity index (χ1) is 16.0. The lowest BCUT2D eigenvalue weighted by Gasteiger charge is -2.21. The molecular weight excluding hydrogens is 430 g/mol. The zero-order chi connectivity index (χ0) is 23.2. The maximum Gasteiger partial charge on any atom is 0.310 e. The Morgan fingerprint density at radius 2 is 1.91 bits per heavy atom. The molecule has 1 atom stereocenters. The van der Waals surface area contributed by atoms with Gasteiger partial charge >= 0.3 is 5.97 Å². The number of rotatable bonds is 7. The van der Waals surface area contributed by atoms with Crippen molar-refractivity contribution in [2.75, 3.05) is 19.8 Å². The molecule has 2 heterocycles. The van der Waals surface area contributed by atoms with E-state index >= 15 is 0 Å². The van der Waals surface area contributed by atoms with Crippen molar-refractivity contribution in [1.29, 1.82) is 0 Å². The topological polar surface area (TPSA) is 70.4 Å². The second kappa shape index (κ2) is 10.5. The fourth-order valence-electron chi connectivity index (χ4n) is 3.80. The third-order valence-electron chi connectivity index (χ3n) is 5.44. The highest BCUT2D eigenvalue weighted by atomic mass is 19.1. The van der Waals surface area contributed by atoms with E-state index in [2.05, 4.69) is 5.10 Å². The lowest BCUT2D eigenvalue weighted by Crippen LogP contribution is -2.24. The summed E-state index contributed by atoms with van der Waals surface area (Å²) in [5.74, 6) is -1.54. The summed E-state index contributed by atoms with van der Waals surface area (Å²) < 4.78 is 39.2. The lowest BCUT2D eigenvalue weighted by molar-refractivity contribution is -0.145. The van der Waals surface area contributed by atoms with E-state index in [1.54, 1.807) is 6.07 Å². The fourth-order valence-corrected chi connectivity index (χ4v) is 3.80. The molecule has 4 rings (SSSR count). The van der Waals surface area contributed by atoms with Crippen molar-refractivity contribution in [3.8, 4) is 5.69 Å². The molecule has 0 bridgehead atoms. The van der Waals surface area contributed by atoms with Crippen LogP contribution >= 0.6 is 0 Å². The minimum absolute atomic E-state index is 0.121. The predicted octanol–water partition coefficient (Wildman–Crippen LogP) is 3.61. The highest BCUT2D eigenvalue weighted by molar-refractivity contribution is 5.72. The zero-order valence-corrected chi connectivity index (χ0v) is 18.0. The molecule has 1 aliphatic heterocycles. The minimum Gasteiger partial charge on any atom is -0.465 e. The summed E-state index contributed by atoms with van der Waals surface area (Å²) in [6.45, 7) is 1.73. The van der Waals surface area contributed by atoms with Crippen LogP contribution in [-0.2, 0) is 27.1 Å². The Kier molecular flexibility index (Phi) is 7.24. The van der Waals surface area contributed by atoms with Gasteiger partial charge in [0.15, 0.2) is 0 Å². The molecule has 0 radical (unpaired) electrons. The first kappa shape index (κ1) is 22.8. The summed E-state index contributed by atoms with van der Waals surface area (Å²) in [7, 11) is 0. The van der Waals surface area contributed by atoms with Crippen molar-refractivity contribution in [3.05, 3.63) is 93.4 Å². The van der Waals surface area contributed by atoms with E-state index in [1.807, 2.05) is 18.2 Å². The number of aromatic nitrogens is 2. The van der Waals surface area contributed by atoms with Crippen molar-refractivity contribution >= 4 is 5.97 Å². The lowest BCUT2D eigenvalue weighted by atomic mass is 10.0. The largest absolute Gasteiger partial charge is 0.465 e. The minimum atomic E-state index is -0.734. The molecule has 8 heteroatoms. The van der Waals surface area contributed by atoms with E-state index in [1.165, 1.54) is 16.9 Å². The molecule has 1 fully saturated rings. The highest BCUT2D eigenvalue weighted by Crippen LogP contribution is 2.15. The fraction of sp³-hybridized carbons (Fsp3) is 0.320. The number of ether oxygens (including phenoxy) is 2. The van der Waals surface area contributed by atoms with Crippen molar-refractivity contribution in [2.24, 2.45) is 5.92 Å². The second-order valence-corrected chi connectivity index (χ2v) is 8.14. The molecule has 1 aromatic heterocycles. The Morgan fingerprint density at radius 1 is 1.12 bits per heavy atom. The van der Waals surface area contributed by atoms with Gasteiger partial charge in [-0.2, -0.15) is 5.10 Å². The predicted molar refractivity (Wildman–Crippen MR) is 117 cm³/mol. The SMILES string of the molecule is O=C(Cc1cccc(Cc2nn(-c3cc(F)cc(F)c3)ccc2=O)c1)OCC1CCCOC1. The smallest absolute Gasteiger partial charge is 0.310 e. The number of benzene rings is 2. The average Bonchev–Trinajstić information content (AvgIpc) is 2.79. The third kappa shape index (κ3) is 6.32. The summed E-state index contributed by atoms with van der Waals surface area (Å²) >= 11 is 0. The van der Waals surface area contributed by atoms with E-state index in [9.17, 15) is 18.4 Å². The molecule has 172 valence electrons. The quantitative estimate of drug-likeness (QED) is 0.510. The molecule has 2 aromatic carbocycles. The van der Waals surface area contributed by atoms with Crippen LogP contribution in [0, 0.1) is 17.6 Å². The van der Waals surface area contributed by atoms with Crippen molar-refractivity contribution in [3.63, 3.8) is 0 Å². The second-order valence-electron chi connectivity index (χ2n) is 8.14. The van der Waals surface area contributed by atoms with E-state index in [0.29, 0.717) is 13.2 Å². The molecule has 1 aliphatic rings. The molecule has 0 amide bonds. The van der Waals surface area contributed by atoms with Crippen LogP contribution in [-0.4, -0.2) is 35.6 Å². The number of hydrogen-bond donors (Lipinski definition) is 0. The van der Waals surface area contributed by atoms with Crippen LogP contribution in [0.2, 0.25) is 0 Å². The summed E-state index contributed by atoms with van der Waals surface area (Å²) in [6.07, 6.45) is 3.67. The monoisotopic (exact) mass is 454 g/mol. The standard InChI is InChI=1S/C25H24F2N2O4/c26-20-12-21(27)14-22(13-20)29-7-6-24(30)23(28-29)10-17-3-1-4-18(9-17)11-25(31)33-16-19-5-2-8-32-15-19/h1,3-4,6-7,9,12-14,19H,2,5,8,10-11,15-16H2. The molecule has 0 aliphatic carbocycles. The first-order valence-electron chi connectivity index (χ1n) is 10.8. The van der Waals surface area contributed by atoms with Gasteiger partial charge in [0.05, 0.1) is 25.3 Å². The summed E-state index contributed by atoms with van der Waals surface area (Å²) in [5.41, 5.74) is 1.66. The molecule has 33 heavy (non-hydrogen) atoms. The van der Waals surface area contributed by atoms with Gasteiger partial charge in [0.1, 0.15) is 17.3 Å². The molecule has 0 saturated carbocycles. The maximum absolute atomic E-state index is 13.6. The number of esters is 1. The van der Waals surface area contributed by atoms with Gasteiger partial charge in [-0.1, -0.05) is 24.3 Å². The normalized spacial score (nSPS) is 15.9. The van der Waals surface area contributed by atoms with Gasteiger partial charge in [0.25, 0.3) is 0 Å². The number of carbonyl (C=O) groups excluding carboxylic acids is 1. The van der Waals surface area contributed by atoms with Gasteiger partial charge in [0.2, 0.25) is 5.43 Å². The van der Waals surface area contributed by atoms with Crippen LogP contribution in [0.15, 0.2) is 59.5 Å². The molecule has 1 unspecified atom stereocenters. The molecule has 3 aromatic rings. The number of nitrogens with zero attached hydrogens (tertiary/aromatic N) is 2. The van der Waals surface area contributed by atoms with Gasteiger partial charge in [0, 0.05) is 37.3 Å². The van der Waals surface area contributed by atoms with Gasteiger partial charge < -0.3 is 9.47 Å². The highest BCUT2D eigenvalue weighted by Gasteiger charge is 2.16. The van der Waals surface area contributed by atoms with Crippen LogP contribution in [0.3, 0.4) is 0 Å². The van der Waals surface area contributed by atoms with Crippen LogP contribution in [0.25, 0.3) is 5.69 Å². The summed E-state index contributed by atoms with van der Waals surface area (Å²) in [4.78, 5) is 24.6. The van der Waals surface area contributed by atoms with Crippen LogP contribution in [0.5, 0.6) is 0 Å². The van der Waals surface area contributed by atoms with Crippen LogP contribution in [0.1, 0.15) is 29.7 Å². The zero-order valence-electron chi connectivity index (χ0n) is 18.0. The average molecular weight is 454 g/mol. The van der Waals surface area contributed by atoms with Gasteiger partial charge in [-0.05, 0) is 36.1 Å². The molecular formula is C25H24F2N2O4. The Labute approximate surface area is 189 Å². The Bertz CT molecular complexity index is 1170. The Morgan fingerprint density at radius 3 is 2.67 bits per heavy atom. The van der Waals surface area contributed by atoms with E-state index in [4.69, 9.17) is 9.47 Å². The van der Waals surface area contributed by atoms with Crippen LogP contribution < -0.4 is 5.43 Å². The molecule has 6 nitrogen and oxygen atoms in total. The number of carbonyl (C=O) groups is 1. The summed E-state index contributed by atoms with van der Waals surface area (Å²) in [5, 5.41) is 4.26. The van der Waals surface area contributed by atoms with E-state index in [-0.39, 0.29) is 41.5 Å². The van der Waals surface area contributed by atoms with Crippen LogP contribution in [0.4, 0.5) is 8.78 Å². The molecule has 0 N–H and O–H groups in total.